The zero-order valence-electron chi connectivity index (χ0n) is 11.4. The Morgan fingerprint density at radius 3 is 2.55 bits per heavy atom. The van der Waals surface area contributed by atoms with Gasteiger partial charge in [-0.25, -0.2) is 0 Å². The number of hydrogen-bond acceptors (Lipinski definition) is 3. The Morgan fingerprint density at radius 1 is 1.25 bits per heavy atom. The van der Waals surface area contributed by atoms with Crippen LogP contribution in [0.15, 0.2) is 36.5 Å². The molecule has 106 valence electrons. The summed E-state index contributed by atoms with van der Waals surface area (Å²) in [6.07, 6.45) is 1.81. The van der Waals surface area contributed by atoms with Crippen molar-refractivity contribution < 1.29 is 13.5 Å². The molecule has 0 fully saturated rings. The van der Waals surface area contributed by atoms with E-state index >= 15 is 0 Å². The molecule has 0 saturated heterocycles. The molecule has 5 heteroatoms. The standard InChI is InChI=1S/C15H16F2N2O/c1-10-8-19-12(9-18-2)7-14(10)11-3-5-13(6-4-11)20-15(16)17/h3-8,15,18H,9H2,1-2H3. The summed E-state index contributed by atoms with van der Waals surface area (Å²) in [6.45, 7) is -0.153. The van der Waals surface area contributed by atoms with Crippen molar-refractivity contribution in [3.63, 3.8) is 0 Å². The monoisotopic (exact) mass is 278 g/mol. The van der Waals surface area contributed by atoms with E-state index in [1.807, 2.05) is 26.2 Å². The number of benzene rings is 1. The van der Waals surface area contributed by atoms with Gasteiger partial charge in [-0.05, 0) is 48.9 Å². The predicted octanol–water partition coefficient (Wildman–Crippen LogP) is 3.38. The van der Waals surface area contributed by atoms with E-state index < -0.39 is 6.61 Å². The van der Waals surface area contributed by atoms with Crippen molar-refractivity contribution in [2.75, 3.05) is 7.05 Å². The van der Waals surface area contributed by atoms with Gasteiger partial charge in [-0.1, -0.05) is 12.1 Å². The fourth-order valence-corrected chi connectivity index (χ4v) is 1.97. The fraction of sp³-hybridized carbons (Fsp3) is 0.267. The minimum Gasteiger partial charge on any atom is -0.435 e. The van der Waals surface area contributed by atoms with Crippen molar-refractivity contribution in [1.82, 2.24) is 10.3 Å². The Bertz CT molecular complexity index is 571. The second-order valence-corrected chi connectivity index (χ2v) is 4.42. The summed E-state index contributed by atoms with van der Waals surface area (Å²) >= 11 is 0. The Kier molecular flexibility index (Phi) is 4.63. The number of rotatable bonds is 5. The van der Waals surface area contributed by atoms with E-state index in [-0.39, 0.29) is 5.75 Å². The first-order chi connectivity index (χ1) is 9.60. The molecule has 3 nitrogen and oxygen atoms in total. The molecule has 0 atom stereocenters. The lowest BCUT2D eigenvalue weighted by Crippen LogP contribution is -2.07. The number of pyridine rings is 1. The molecule has 0 radical (unpaired) electrons. The molecule has 1 aromatic heterocycles. The third kappa shape index (κ3) is 3.51. The van der Waals surface area contributed by atoms with Gasteiger partial charge in [0.05, 0.1) is 5.69 Å². The Balaban J connectivity index is 2.28. The zero-order chi connectivity index (χ0) is 14.5. The topological polar surface area (TPSA) is 34.1 Å². The molecule has 1 aromatic carbocycles. The molecule has 2 aromatic rings. The highest BCUT2D eigenvalue weighted by Gasteiger charge is 2.07. The maximum absolute atomic E-state index is 12.1. The van der Waals surface area contributed by atoms with Gasteiger partial charge in [0.15, 0.2) is 0 Å². The first kappa shape index (κ1) is 14.4. The zero-order valence-corrected chi connectivity index (χ0v) is 11.4. The van der Waals surface area contributed by atoms with Crippen LogP contribution in [0.1, 0.15) is 11.3 Å². The van der Waals surface area contributed by atoms with Crippen LogP contribution in [0.5, 0.6) is 5.75 Å². The average molecular weight is 278 g/mol. The van der Waals surface area contributed by atoms with Gasteiger partial charge in [-0.15, -0.1) is 0 Å². The van der Waals surface area contributed by atoms with E-state index in [1.54, 1.807) is 24.3 Å². The smallest absolute Gasteiger partial charge is 0.387 e. The number of hydrogen-bond donors (Lipinski definition) is 1. The van der Waals surface area contributed by atoms with Gasteiger partial charge in [0.25, 0.3) is 0 Å². The number of nitrogens with one attached hydrogen (secondary N) is 1. The lowest BCUT2D eigenvalue weighted by Gasteiger charge is -2.10. The summed E-state index contributed by atoms with van der Waals surface area (Å²) in [7, 11) is 1.86. The van der Waals surface area contributed by atoms with Crippen LogP contribution in [0.4, 0.5) is 8.78 Å². The fourth-order valence-electron chi connectivity index (χ4n) is 1.97. The van der Waals surface area contributed by atoms with Crippen LogP contribution >= 0.6 is 0 Å². The van der Waals surface area contributed by atoms with Crippen LogP contribution in [0.2, 0.25) is 0 Å². The lowest BCUT2D eigenvalue weighted by molar-refractivity contribution is -0.0498. The highest BCUT2D eigenvalue weighted by atomic mass is 19.3. The molecule has 2 rings (SSSR count). The van der Waals surface area contributed by atoms with Crippen LogP contribution < -0.4 is 10.1 Å². The number of nitrogens with zero attached hydrogens (tertiary/aromatic N) is 1. The largest absolute Gasteiger partial charge is 0.435 e. The van der Waals surface area contributed by atoms with Crippen molar-refractivity contribution in [2.24, 2.45) is 0 Å². The van der Waals surface area contributed by atoms with Crippen molar-refractivity contribution in [3.05, 3.63) is 47.8 Å². The first-order valence-electron chi connectivity index (χ1n) is 6.25. The molecular formula is C15H16F2N2O. The summed E-state index contributed by atoms with van der Waals surface area (Å²) in [5.74, 6) is 0.158. The number of alkyl halides is 2. The van der Waals surface area contributed by atoms with Gasteiger partial charge >= 0.3 is 6.61 Å². The van der Waals surface area contributed by atoms with E-state index in [2.05, 4.69) is 15.0 Å². The Labute approximate surface area is 116 Å². The molecule has 0 aliphatic carbocycles. The molecular weight excluding hydrogens is 262 g/mol. The summed E-state index contributed by atoms with van der Waals surface area (Å²) in [4.78, 5) is 4.32. The summed E-state index contributed by atoms with van der Waals surface area (Å²) in [5.41, 5.74) is 3.95. The highest BCUT2D eigenvalue weighted by molar-refractivity contribution is 5.67. The maximum Gasteiger partial charge on any atom is 0.387 e. The molecule has 1 heterocycles. The van der Waals surface area contributed by atoms with Crippen LogP contribution in [-0.4, -0.2) is 18.6 Å². The van der Waals surface area contributed by atoms with E-state index in [0.717, 1.165) is 22.4 Å². The van der Waals surface area contributed by atoms with Gasteiger partial charge in [-0.2, -0.15) is 8.78 Å². The highest BCUT2D eigenvalue weighted by Crippen LogP contribution is 2.26. The number of ether oxygens (including phenoxy) is 1. The summed E-state index contributed by atoms with van der Waals surface area (Å²) in [5, 5.41) is 3.05. The van der Waals surface area contributed by atoms with Crippen molar-refractivity contribution in [1.29, 1.82) is 0 Å². The van der Waals surface area contributed by atoms with Crippen molar-refractivity contribution in [3.8, 4) is 16.9 Å². The number of aryl methyl sites for hydroxylation is 1. The van der Waals surface area contributed by atoms with Crippen LogP contribution in [0.25, 0.3) is 11.1 Å². The third-order valence-corrected chi connectivity index (χ3v) is 2.91. The van der Waals surface area contributed by atoms with Gasteiger partial charge in [0.2, 0.25) is 0 Å². The van der Waals surface area contributed by atoms with E-state index in [4.69, 9.17) is 0 Å². The van der Waals surface area contributed by atoms with Crippen LogP contribution in [0, 0.1) is 6.92 Å². The second-order valence-electron chi connectivity index (χ2n) is 4.42. The van der Waals surface area contributed by atoms with Crippen molar-refractivity contribution >= 4 is 0 Å². The Hall–Kier alpha value is -2.01. The van der Waals surface area contributed by atoms with E-state index in [9.17, 15) is 8.78 Å². The maximum atomic E-state index is 12.1. The molecule has 0 spiro atoms. The molecule has 0 unspecified atom stereocenters. The van der Waals surface area contributed by atoms with Crippen molar-refractivity contribution in [2.45, 2.75) is 20.1 Å². The predicted molar refractivity (Wildman–Crippen MR) is 73.8 cm³/mol. The van der Waals surface area contributed by atoms with Gasteiger partial charge in [-0.3, -0.25) is 4.98 Å². The van der Waals surface area contributed by atoms with Crippen LogP contribution in [-0.2, 0) is 6.54 Å². The molecule has 0 amide bonds. The third-order valence-electron chi connectivity index (χ3n) is 2.91. The number of aromatic nitrogens is 1. The first-order valence-corrected chi connectivity index (χ1v) is 6.25. The molecule has 0 aliphatic rings. The minimum atomic E-state index is -2.80. The molecule has 0 saturated carbocycles. The van der Waals surface area contributed by atoms with E-state index in [0.29, 0.717) is 6.54 Å². The second kappa shape index (κ2) is 6.43. The quantitative estimate of drug-likeness (QED) is 0.910. The molecule has 20 heavy (non-hydrogen) atoms. The Morgan fingerprint density at radius 2 is 1.95 bits per heavy atom. The minimum absolute atomic E-state index is 0.158. The van der Waals surface area contributed by atoms with Gasteiger partial charge < -0.3 is 10.1 Å². The van der Waals surface area contributed by atoms with Gasteiger partial charge in [0.1, 0.15) is 5.75 Å². The number of halogens is 2. The van der Waals surface area contributed by atoms with Gasteiger partial charge in [0, 0.05) is 12.7 Å². The molecule has 1 N–H and O–H groups in total. The van der Waals surface area contributed by atoms with E-state index in [1.165, 1.54) is 0 Å². The lowest BCUT2D eigenvalue weighted by atomic mass is 10.0. The average Bonchev–Trinajstić information content (AvgIpc) is 2.42. The normalized spacial score (nSPS) is 10.8. The molecule has 0 aliphatic heterocycles. The van der Waals surface area contributed by atoms with Crippen LogP contribution in [0.3, 0.4) is 0 Å². The summed E-state index contributed by atoms with van der Waals surface area (Å²) < 4.78 is 28.6. The molecule has 0 bridgehead atoms. The SMILES string of the molecule is CNCc1cc(-c2ccc(OC(F)F)cc2)c(C)cn1. The summed E-state index contributed by atoms with van der Waals surface area (Å²) in [6, 6.07) is 8.61.